The van der Waals surface area contributed by atoms with E-state index in [1.54, 1.807) is 6.20 Å². The van der Waals surface area contributed by atoms with Crippen molar-refractivity contribution in [2.45, 2.75) is 71.0 Å². The molecule has 0 spiro atoms. The molecule has 0 radical (unpaired) electrons. The second kappa shape index (κ2) is 8.39. The molecule has 0 saturated heterocycles. The van der Waals surface area contributed by atoms with E-state index in [4.69, 9.17) is 0 Å². The Balaban J connectivity index is 1.52. The standard InChI is InChI=1S/C21H33N7O/c1-14-13-17(26-28(14)21(2,3)4)19(29)23-15-7-9-16(10-8-15)24-20-22-12-11-18(25-20)27(5)6/h11-13,15-16H,7-10H2,1-6H3,(H,23,29)(H,22,24,25)/t15-,16+. The molecule has 0 unspecified atom stereocenters. The molecule has 2 aromatic heterocycles. The number of aromatic nitrogens is 4. The molecule has 1 aliphatic carbocycles. The van der Waals surface area contributed by atoms with E-state index >= 15 is 0 Å². The minimum Gasteiger partial charge on any atom is -0.363 e. The number of nitrogens with one attached hydrogen (secondary N) is 2. The molecular formula is C21H33N7O. The Kier molecular flexibility index (Phi) is 6.10. The van der Waals surface area contributed by atoms with Crippen molar-refractivity contribution in [2.75, 3.05) is 24.3 Å². The van der Waals surface area contributed by atoms with Gasteiger partial charge in [0.15, 0.2) is 0 Å². The Hall–Kier alpha value is -2.64. The summed E-state index contributed by atoms with van der Waals surface area (Å²) >= 11 is 0. The van der Waals surface area contributed by atoms with Crippen LogP contribution in [-0.4, -0.2) is 51.8 Å². The molecular weight excluding hydrogens is 366 g/mol. The second-order valence-electron chi connectivity index (χ2n) is 9.05. The van der Waals surface area contributed by atoms with E-state index in [1.165, 1.54) is 0 Å². The van der Waals surface area contributed by atoms with Crippen molar-refractivity contribution in [3.05, 3.63) is 29.7 Å². The Morgan fingerprint density at radius 2 is 1.83 bits per heavy atom. The van der Waals surface area contributed by atoms with E-state index in [1.807, 2.05) is 42.7 Å². The van der Waals surface area contributed by atoms with Crippen LogP contribution in [-0.2, 0) is 5.54 Å². The molecule has 8 heteroatoms. The maximum absolute atomic E-state index is 12.7. The Morgan fingerprint density at radius 3 is 2.41 bits per heavy atom. The van der Waals surface area contributed by atoms with Crippen molar-refractivity contribution in [3.8, 4) is 0 Å². The summed E-state index contributed by atoms with van der Waals surface area (Å²) in [4.78, 5) is 23.5. The summed E-state index contributed by atoms with van der Waals surface area (Å²) in [7, 11) is 3.93. The summed E-state index contributed by atoms with van der Waals surface area (Å²) in [5, 5.41) is 11.1. The van der Waals surface area contributed by atoms with Crippen LogP contribution in [0, 0.1) is 6.92 Å². The number of rotatable bonds is 5. The van der Waals surface area contributed by atoms with Gasteiger partial charge >= 0.3 is 0 Å². The molecule has 1 amide bonds. The van der Waals surface area contributed by atoms with Crippen molar-refractivity contribution in [1.82, 2.24) is 25.1 Å². The monoisotopic (exact) mass is 399 g/mol. The Labute approximate surface area is 173 Å². The highest BCUT2D eigenvalue weighted by Crippen LogP contribution is 2.22. The zero-order chi connectivity index (χ0) is 21.2. The van der Waals surface area contributed by atoms with Crippen LogP contribution in [0.4, 0.5) is 11.8 Å². The molecule has 0 bridgehead atoms. The predicted octanol–water partition coefficient (Wildman–Crippen LogP) is 2.96. The fourth-order valence-corrected chi connectivity index (χ4v) is 3.76. The molecule has 2 heterocycles. The topological polar surface area (TPSA) is 88.0 Å². The lowest BCUT2D eigenvalue weighted by atomic mass is 9.91. The number of anilines is 2. The lowest BCUT2D eigenvalue weighted by Crippen LogP contribution is -2.40. The first kappa shape index (κ1) is 21.1. The van der Waals surface area contributed by atoms with Gasteiger partial charge in [0.2, 0.25) is 5.95 Å². The first-order valence-corrected chi connectivity index (χ1v) is 10.3. The molecule has 29 heavy (non-hydrogen) atoms. The number of carbonyl (C=O) groups is 1. The second-order valence-corrected chi connectivity index (χ2v) is 9.05. The van der Waals surface area contributed by atoms with Gasteiger partial charge in [-0.25, -0.2) is 4.98 Å². The van der Waals surface area contributed by atoms with Crippen molar-refractivity contribution < 1.29 is 4.79 Å². The van der Waals surface area contributed by atoms with Gasteiger partial charge in [-0.05, 0) is 65.5 Å². The van der Waals surface area contributed by atoms with Crippen molar-refractivity contribution >= 4 is 17.7 Å². The van der Waals surface area contributed by atoms with Gasteiger partial charge in [-0.1, -0.05) is 0 Å². The highest BCUT2D eigenvalue weighted by atomic mass is 16.2. The van der Waals surface area contributed by atoms with Crippen LogP contribution >= 0.6 is 0 Å². The third-order valence-electron chi connectivity index (χ3n) is 5.25. The molecule has 0 atom stereocenters. The van der Waals surface area contributed by atoms with E-state index in [-0.39, 0.29) is 17.5 Å². The predicted molar refractivity (Wildman–Crippen MR) is 115 cm³/mol. The van der Waals surface area contributed by atoms with Gasteiger partial charge in [0.25, 0.3) is 5.91 Å². The van der Waals surface area contributed by atoms with Crippen LogP contribution in [0.1, 0.15) is 62.6 Å². The van der Waals surface area contributed by atoms with Crippen LogP contribution < -0.4 is 15.5 Å². The smallest absolute Gasteiger partial charge is 0.272 e. The summed E-state index contributed by atoms with van der Waals surface area (Å²) in [5.41, 5.74) is 1.35. The third-order valence-corrected chi connectivity index (χ3v) is 5.25. The van der Waals surface area contributed by atoms with Crippen LogP contribution in [0.3, 0.4) is 0 Å². The molecule has 3 rings (SSSR count). The largest absolute Gasteiger partial charge is 0.363 e. The molecule has 1 fully saturated rings. The fourth-order valence-electron chi connectivity index (χ4n) is 3.76. The number of aryl methyl sites for hydroxylation is 1. The van der Waals surface area contributed by atoms with E-state index < -0.39 is 0 Å². The SMILES string of the molecule is Cc1cc(C(=O)N[C@H]2CC[C@@H](Nc3nccc(N(C)C)n3)CC2)nn1C(C)(C)C. The number of carbonyl (C=O) groups excluding carboxylic acids is 1. The zero-order valence-electron chi connectivity index (χ0n) is 18.4. The molecule has 2 aromatic rings. The van der Waals surface area contributed by atoms with E-state index in [9.17, 15) is 4.79 Å². The van der Waals surface area contributed by atoms with Crippen molar-refractivity contribution in [3.63, 3.8) is 0 Å². The fraction of sp³-hybridized carbons (Fsp3) is 0.619. The van der Waals surface area contributed by atoms with Gasteiger partial charge < -0.3 is 15.5 Å². The van der Waals surface area contributed by atoms with Gasteiger partial charge in [-0.15, -0.1) is 0 Å². The summed E-state index contributed by atoms with van der Waals surface area (Å²) in [6.45, 7) is 8.24. The number of hydrogen-bond acceptors (Lipinski definition) is 6. The number of nitrogens with zero attached hydrogens (tertiary/aromatic N) is 5. The molecule has 1 aliphatic rings. The normalized spacial score (nSPS) is 19.7. The number of amides is 1. The maximum Gasteiger partial charge on any atom is 0.272 e. The van der Waals surface area contributed by atoms with E-state index in [0.717, 1.165) is 37.2 Å². The highest BCUT2D eigenvalue weighted by Gasteiger charge is 2.25. The van der Waals surface area contributed by atoms with Gasteiger partial charge in [-0.3, -0.25) is 9.48 Å². The molecule has 8 nitrogen and oxygen atoms in total. The molecule has 0 aliphatic heterocycles. The number of hydrogen-bond donors (Lipinski definition) is 2. The van der Waals surface area contributed by atoms with E-state index in [2.05, 4.69) is 46.5 Å². The van der Waals surface area contributed by atoms with Crippen LogP contribution in [0.25, 0.3) is 0 Å². The quantitative estimate of drug-likeness (QED) is 0.804. The minimum absolute atomic E-state index is 0.0884. The lowest BCUT2D eigenvalue weighted by molar-refractivity contribution is 0.0920. The zero-order valence-corrected chi connectivity index (χ0v) is 18.4. The summed E-state index contributed by atoms with van der Waals surface area (Å²) in [5.74, 6) is 1.45. The molecule has 1 saturated carbocycles. The van der Waals surface area contributed by atoms with Crippen LogP contribution in [0.2, 0.25) is 0 Å². The van der Waals surface area contributed by atoms with Crippen LogP contribution in [0.15, 0.2) is 18.3 Å². The third kappa shape index (κ3) is 5.25. The summed E-state index contributed by atoms with van der Waals surface area (Å²) in [6, 6.07) is 4.25. The Bertz CT molecular complexity index is 845. The van der Waals surface area contributed by atoms with E-state index in [0.29, 0.717) is 17.7 Å². The first-order valence-electron chi connectivity index (χ1n) is 10.3. The average Bonchev–Trinajstić information content (AvgIpc) is 3.06. The van der Waals surface area contributed by atoms with Gasteiger partial charge in [0, 0.05) is 38.1 Å². The maximum atomic E-state index is 12.7. The molecule has 158 valence electrons. The molecule has 2 N–H and O–H groups in total. The molecule has 0 aromatic carbocycles. The van der Waals surface area contributed by atoms with Gasteiger partial charge in [-0.2, -0.15) is 10.1 Å². The van der Waals surface area contributed by atoms with Crippen molar-refractivity contribution in [2.24, 2.45) is 0 Å². The van der Waals surface area contributed by atoms with Gasteiger partial charge in [0.1, 0.15) is 11.5 Å². The van der Waals surface area contributed by atoms with Gasteiger partial charge in [0.05, 0.1) is 5.54 Å². The summed E-state index contributed by atoms with van der Waals surface area (Å²) < 4.78 is 1.91. The van der Waals surface area contributed by atoms with Crippen molar-refractivity contribution in [1.29, 1.82) is 0 Å². The lowest BCUT2D eigenvalue weighted by Gasteiger charge is -2.29. The highest BCUT2D eigenvalue weighted by molar-refractivity contribution is 5.92. The van der Waals surface area contributed by atoms with Crippen LogP contribution in [0.5, 0.6) is 0 Å². The summed E-state index contributed by atoms with van der Waals surface area (Å²) in [6.07, 6.45) is 5.56. The minimum atomic E-state index is -0.141. The first-order chi connectivity index (χ1) is 13.6. The Morgan fingerprint density at radius 1 is 1.17 bits per heavy atom. The average molecular weight is 400 g/mol.